The van der Waals surface area contributed by atoms with Gasteiger partial charge < -0.3 is 19.5 Å². The van der Waals surface area contributed by atoms with Gasteiger partial charge in [0.05, 0.1) is 6.61 Å². The molecular formula is C16H21N3O2. The van der Waals surface area contributed by atoms with Gasteiger partial charge in [-0.05, 0) is 32.2 Å². The van der Waals surface area contributed by atoms with Crippen LogP contribution < -0.4 is 4.90 Å². The number of esters is 1. The average Bonchev–Trinajstić information content (AvgIpc) is 2.91. The number of hydrogen-bond acceptors (Lipinski definition) is 4. The predicted molar refractivity (Wildman–Crippen MR) is 84.0 cm³/mol. The van der Waals surface area contributed by atoms with Gasteiger partial charge in [0.25, 0.3) is 0 Å². The molecule has 112 valence electrons. The van der Waals surface area contributed by atoms with Crippen molar-refractivity contribution in [3.63, 3.8) is 0 Å². The van der Waals surface area contributed by atoms with Crippen molar-refractivity contribution in [1.82, 2.24) is 9.88 Å². The van der Waals surface area contributed by atoms with Crippen LogP contribution in [0.5, 0.6) is 0 Å². The Morgan fingerprint density at radius 2 is 2.00 bits per heavy atom. The lowest BCUT2D eigenvalue weighted by Crippen LogP contribution is -2.44. The summed E-state index contributed by atoms with van der Waals surface area (Å²) in [6.07, 6.45) is 0. The maximum absolute atomic E-state index is 11.8. The second kappa shape index (κ2) is 5.77. The molecule has 0 bridgehead atoms. The highest BCUT2D eigenvalue weighted by atomic mass is 16.5. The topological polar surface area (TPSA) is 48.6 Å². The molecule has 3 rings (SSSR count). The normalized spacial score (nSPS) is 16.4. The maximum Gasteiger partial charge on any atom is 0.354 e. The van der Waals surface area contributed by atoms with Crippen molar-refractivity contribution in [3.8, 4) is 0 Å². The van der Waals surface area contributed by atoms with Gasteiger partial charge in [-0.2, -0.15) is 0 Å². The van der Waals surface area contributed by atoms with Gasteiger partial charge in [0.2, 0.25) is 0 Å². The molecule has 1 fully saturated rings. The monoisotopic (exact) mass is 287 g/mol. The molecule has 2 heterocycles. The molecule has 1 aromatic carbocycles. The first-order valence-corrected chi connectivity index (χ1v) is 7.41. The molecule has 1 aliphatic heterocycles. The minimum atomic E-state index is -0.296. The van der Waals surface area contributed by atoms with Crippen LogP contribution in [0.2, 0.25) is 0 Å². The van der Waals surface area contributed by atoms with Crippen molar-refractivity contribution in [2.45, 2.75) is 6.92 Å². The number of aromatic nitrogens is 1. The van der Waals surface area contributed by atoms with Crippen molar-refractivity contribution in [3.05, 3.63) is 30.0 Å². The van der Waals surface area contributed by atoms with Gasteiger partial charge >= 0.3 is 5.97 Å². The van der Waals surface area contributed by atoms with E-state index in [-0.39, 0.29) is 5.97 Å². The molecule has 0 spiro atoms. The van der Waals surface area contributed by atoms with Gasteiger partial charge in [-0.3, -0.25) is 0 Å². The highest BCUT2D eigenvalue weighted by Gasteiger charge is 2.16. The summed E-state index contributed by atoms with van der Waals surface area (Å²) in [6.45, 7) is 6.43. The molecule has 0 amide bonds. The minimum Gasteiger partial charge on any atom is -0.461 e. The van der Waals surface area contributed by atoms with E-state index in [0.29, 0.717) is 12.3 Å². The number of benzene rings is 1. The van der Waals surface area contributed by atoms with E-state index in [1.165, 1.54) is 5.69 Å². The smallest absolute Gasteiger partial charge is 0.354 e. The molecule has 0 atom stereocenters. The van der Waals surface area contributed by atoms with Gasteiger partial charge in [-0.15, -0.1) is 0 Å². The van der Waals surface area contributed by atoms with Crippen molar-refractivity contribution in [2.75, 3.05) is 44.7 Å². The number of nitrogens with one attached hydrogen (secondary N) is 1. The summed E-state index contributed by atoms with van der Waals surface area (Å²) in [4.78, 5) is 19.6. The Kier molecular flexibility index (Phi) is 3.84. The van der Waals surface area contributed by atoms with Gasteiger partial charge in [0.1, 0.15) is 5.69 Å². The molecule has 1 aromatic heterocycles. The SMILES string of the molecule is CCOC(=O)c1cc2ccc(N3CCN(C)CC3)cc2[nH]1. The van der Waals surface area contributed by atoms with Gasteiger partial charge in [-0.1, -0.05) is 6.07 Å². The second-order valence-corrected chi connectivity index (χ2v) is 5.47. The first-order valence-electron chi connectivity index (χ1n) is 7.41. The van der Waals surface area contributed by atoms with Crippen molar-refractivity contribution >= 4 is 22.6 Å². The molecular weight excluding hydrogens is 266 g/mol. The fourth-order valence-electron chi connectivity index (χ4n) is 2.70. The summed E-state index contributed by atoms with van der Waals surface area (Å²) in [6, 6.07) is 8.14. The number of hydrogen-bond donors (Lipinski definition) is 1. The third-order valence-electron chi connectivity index (χ3n) is 3.97. The highest BCUT2D eigenvalue weighted by Crippen LogP contribution is 2.24. The number of carbonyl (C=O) groups is 1. The van der Waals surface area contributed by atoms with E-state index >= 15 is 0 Å². The average molecular weight is 287 g/mol. The first-order chi connectivity index (χ1) is 10.2. The molecule has 0 saturated carbocycles. The molecule has 0 radical (unpaired) electrons. The molecule has 21 heavy (non-hydrogen) atoms. The molecule has 5 heteroatoms. The molecule has 0 aliphatic carbocycles. The number of nitrogens with zero attached hydrogens (tertiary/aromatic N) is 2. The standard InChI is InChI=1S/C16H21N3O2/c1-3-21-16(20)15-10-12-4-5-13(11-14(12)17-15)19-8-6-18(2)7-9-19/h4-5,10-11,17H,3,6-9H2,1-2H3. The largest absolute Gasteiger partial charge is 0.461 e. The number of aromatic amines is 1. The van der Waals surface area contributed by atoms with Crippen LogP contribution in [-0.2, 0) is 4.74 Å². The van der Waals surface area contributed by atoms with Gasteiger partial charge in [-0.25, -0.2) is 4.79 Å². The molecule has 1 saturated heterocycles. The molecule has 5 nitrogen and oxygen atoms in total. The van der Waals surface area contributed by atoms with E-state index in [2.05, 4.69) is 40.0 Å². The summed E-state index contributed by atoms with van der Waals surface area (Å²) >= 11 is 0. The van der Waals surface area contributed by atoms with Gasteiger partial charge in [0.15, 0.2) is 0 Å². The number of carbonyl (C=O) groups excluding carboxylic acids is 1. The van der Waals surface area contributed by atoms with E-state index in [9.17, 15) is 4.79 Å². The lowest BCUT2D eigenvalue weighted by molar-refractivity contribution is 0.0520. The van der Waals surface area contributed by atoms with E-state index in [4.69, 9.17) is 4.74 Å². The fraction of sp³-hybridized carbons (Fsp3) is 0.438. The Balaban J connectivity index is 1.84. The Morgan fingerprint density at radius 3 is 2.71 bits per heavy atom. The van der Waals surface area contributed by atoms with Crippen LogP contribution in [0.15, 0.2) is 24.3 Å². The number of ether oxygens (including phenoxy) is 1. The van der Waals surface area contributed by atoms with Crippen LogP contribution >= 0.6 is 0 Å². The van der Waals surface area contributed by atoms with Crippen LogP contribution in [0.1, 0.15) is 17.4 Å². The molecule has 1 aliphatic rings. The zero-order chi connectivity index (χ0) is 14.8. The van der Waals surface area contributed by atoms with Crippen molar-refractivity contribution < 1.29 is 9.53 Å². The Morgan fingerprint density at radius 1 is 1.24 bits per heavy atom. The van der Waals surface area contributed by atoms with E-state index in [0.717, 1.165) is 37.1 Å². The molecule has 2 aromatic rings. The summed E-state index contributed by atoms with van der Waals surface area (Å²) < 4.78 is 5.03. The number of likely N-dealkylation sites (N-methyl/N-ethyl adjacent to an activating group) is 1. The van der Waals surface area contributed by atoms with Crippen molar-refractivity contribution in [2.24, 2.45) is 0 Å². The van der Waals surface area contributed by atoms with Crippen LogP contribution in [0, 0.1) is 0 Å². The number of piperazine rings is 1. The van der Waals surface area contributed by atoms with Crippen LogP contribution in [-0.4, -0.2) is 55.7 Å². The summed E-state index contributed by atoms with van der Waals surface area (Å²) in [7, 11) is 2.15. The Bertz CT molecular complexity index is 642. The third-order valence-corrected chi connectivity index (χ3v) is 3.97. The summed E-state index contributed by atoms with van der Waals surface area (Å²) in [5.74, 6) is -0.296. The third kappa shape index (κ3) is 2.88. The Hall–Kier alpha value is -2.01. The molecule has 0 unspecified atom stereocenters. The van der Waals surface area contributed by atoms with Crippen LogP contribution in [0.3, 0.4) is 0 Å². The fourth-order valence-corrected chi connectivity index (χ4v) is 2.70. The lowest BCUT2D eigenvalue weighted by Gasteiger charge is -2.34. The second-order valence-electron chi connectivity index (χ2n) is 5.47. The number of fused-ring (bicyclic) bond motifs is 1. The summed E-state index contributed by atoms with van der Waals surface area (Å²) in [5.41, 5.74) is 2.70. The van der Waals surface area contributed by atoms with E-state index in [1.807, 2.05) is 13.0 Å². The Labute approximate surface area is 124 Å². The minimum absolute atomic E-state index is 0.296. The quantitative estimate of drug-likeness (QED) is 0.878. The predicted octanol–water partition coefficient (Wildman–Crippen LogP) is 2.10. The number of rotatable bonds is 3. The molecule has 1 N–H and O–H groups in total. The van der Waals surface area contributed by atoms with Gasteiger partial charge in [0, 0.05) is 42.8 Å². The highest BCUT2D eigenvalue weighted by molar-refractivity contribution is 5.95. The number of H-pyrrole nitrogens is 1. The lowest BCUT2D eigenvalue weighted by atomic mass is 10.2. The number of anilines is 1. The van der Waals surface area contributed by atoms with E-state index < -0.39 is 0 Å². The zero-order valence-electron chi connectivity index (χ0n) is 12.6. The van der Waals surface area contributed by atoms with E-state index in [1.54, 1.807) is 0 Å². The van der Waals surface area contributed by atoms with Crippen LogP contribution in [0.25, 0.3) is 10.9 Å². The zero-order valence-corrected chi connectivity index (χ0v) is 12.6. The van der Waals surface area contributed by atoms with Crippen molar-refractivity contribution in [1.29, 1.82) is 0 Å². The first kappa shape index (κ1) is 13.9. The maximum atomic E-state index is 11.8. The van der Waals surface area contributed by atoms with Crippen LogP contribution in [0.4, 0.5) is 5.69 Å². The summed E-state index contributed by atoms with van der Waals surface area (Å²) in [5, 5.41) is 1.04.